The van der Waals surface area contributed by atoms with E-state index in [9.17, 15) is 0 Å². The topological polar surface area (TPSA) is 15.3 Å². The maximum atomic E-state index is 3.66. The lowest BCUT2D eigenvalue weighted by Gasteiger charge is -2.33. The average Bonchev–Trinajstić information content (AvgIpc) is 2.96. The van der Waals surface area contributed by atoms with E-state index in [2.05, 4.69) is 144 Å². The standard InChI is InChI=1S/C34H30N2/c1-3-11-26(12-4-1)28-15-9-18-32(25-28)36(30-16-5-2-6-17-30)31-23-21-29(22-24-31)35-34-20-10-14-27-13-7-8-19-33(27)34/h2-3,5-23,25,31,35H,1,4,24H2. The maximum Gasteiger partial charge on any atom is 0.0561 e. The molecule has 0 amide bonds. The fraction of sp³-hybridized carbons (Fsp3) is 0.118. The number of benzene rings is 4. The molecule has 1 N–H and O–H groups in total. The lowest BCUT2D eigenvalue weighted by molar-refractivity contribution is 0.780. The molecule has 0 heterocycles. The SMILES string of the molecule is C1=CC(c2cccc(N(c3ccccc3)C3C=CC(Nc4cccc5ccccc45)=CC3)c2)=CCC1. The summed E-state index contributed by atoms with van der Waals surface area (Å²) in [5, 5.41) is 6.15. The normalized spacial score (nSPS) is 16.9. The third kappa shape index (κ3) is 4.63. The molecule has 6 rings (SSSR count). The third-order valence-electron chi connectivity index (χ3n) is 6.96. The molecule has 1 atom stereocenters. The van der Waals surface area contributed by atoms with Crippen LogP contribution in [-0.4, -0.2) is 6.04 Å². The Balaban J connectivity index is 1.28. The molecule has 2 aliphatic rings. The third-order valence-corrected chi connectivity index (χ3v) is 6.96. The Kier molecular flexibility index (Phi) is 6.24. The van der Waals surface area contributed by atoms with Crippen LogP contribution in [0.25, 0.3) is 16.3 Å². The second-order valence-corrected chi connectivity index (χ2v) is 9.37. The average molecular weight is 467 g/mol. The van der Waals surface area contributed by atoms with Crippen molar-refractivity contribution in [3.63, 3.8) is 0 Å². The van der Waals surface area contributed by atoms with Gasteiger partial charge in [0.15, 0.2) is 0 Å². The summed E-state index contributed by atoms with van der Waals surface area (Å²) in [4.78, 5) is 2.46. The Hall–Kier alpha value is -4.30. The highest BCUT2D eigenvalue weighted by Crippen LogP contribution is 2.34. The predicted octanol–water partition coefficient (Wildman–Crippen LogP) is 9.04. The van der Waals surface area contributed by atoms with Gasteiger partial charge in [0.25, 0.3) is 0 Å². The van der Waals surface area contributed by atoms with E-state index in [-0.39, 0.29) is 6.04 Å². The van der Waals surface area contributed by atoms with Gasteiger partial charge in [0.2, 0.25) is 0 Å². The van der Waals surface area contributed by atoms with Gasteiger partial charge >= 0.3 is 0 Å². The van der Waals surface area contributed by atoms with Gasteiger partial charge in [-0.2, -0.15) is 0 Å². The van der Waals surface area contributed by atoms with Crippen LogP contribution in [0.2, 0.25) is 0 Å². The second-order valence-electron chi connectivity index (χ2n) is 9.37. The van der Waals surface area contributed by atoms with Gasteiger partial charge in [0.1, 0.15) is 0 Å². The molecule has 2 heteroatoms. The van der Waals surface area contributed by atoms with E-state index in [4.69, 9.17) is 0 Å². The Morgan fingerprint density at radius 2 is 1.50 bits per heavy atom. The summed E-state index contributed by atoms with van der Waals surface area (Å²) in [7, 11) is 0. The molecule has 0 saturated heterocycles. The molecule has 4 aromatic carbocycles. The highest BCUT2D eigenvalue weighted by Gasteiger charge is 2.21. The van der Waals surface area contributed by atoms with Crippen molar-refractivity contribution >= 4 is 33.4 Å². The van der Waals surface area contributed by atoms with Gasteiger partial charge in [0, 0.05) is 28.1 Å². The largest absolute Gasteiger partial charge is 0.355 e. The van der Waals surface area contributed by atoms with Gasteiger partial charge in [-0.1, -0.05) is 97.1 Å². The van der Waals surface area contributed by atoms with E-state index in [0.29, 0.717) is 0 Å². The molecule has 0 bridgehead atoms. The molecule has 0 aliphatic heterocycles. The zero-order chi connectivity index (χ0) is 24.2. The lowest BCUT2D eigenvalue weighted by Crippen LogP contribution is -2.30. The number of hydrogen-bond acceptors (Lipinski definition) is 2. The first-order chi connectivity index (χ1) is 17.8. The van der Waals surface area contributed by atoms with Crippen LogP contribution in [0.4, 0.5) is 17.1 Å². The predicted molar refractivity (Wildman–Crippen MR) is 155 cm³/mol. The van der Waals surface area contributed by atoms with Gasteiger partial charge in [-0.15, -0.1) is 0 Å². The molecule has 4 aromatic rings. The van der Waals surface area contributed by atoms with Crippen molar-refractivity contribution in [2.24, 2.45) is 0 Å². The summed E-state index contributed by atoms with van der Waals surface area (Å²) in [5.41, 5.74) is 7.30. The first-order valence-corrected chi connectivity index (χ1v) is 12.8. The minimum atomic E-state index is 0.233. The molecule has 2 aliphatic carbocycles. The van der Waals surface area contributed by atoms with Crippen LogP contribution in [0.1, 0.15) is 24.8 Å². The molecule has 0 aromatic heterocycles. The van der Waals surface area contributed by atoms with E-state index in [1.54, 1.807) is 0 Å². The van der Waals surface area contributed by atoms with Crippen LogP contribution in [-0.2, 0) is 0 Å². The van der Waals surface area contributed by atoms with Gasteiger partial charge < -0.3 is 10.2 Å². The van der Waals surface area contributed by atoms with Crippen LogP contribution in [0.5, 0.6) is 0 Å². The van der Waals surface area contributed by atoms with Crippen LogP contribution >= 0.6 is 0 Å². The zero-order valence-electron chi connectivity index (χ0n) is 20.3. The van der Waals surface area contributed by atoms with Crippen LogP contribution < -0.4 is 10.2 Å². The van der Waals surface area contributed by atoms with Crippen molar-refractivity contribution in [1.29, 1.82) is 0 Å². The minimum absolute atomic E-state index is 0.233. The molecule has 176 valence electrons. The molecule has 0 radical (unpaired) electrons. The zero-order valence-corrected chi connectivity index (χ0v) is 20.3. The number of para-hydroxylation sites is 1. The summed E-state index contributed by atoms with van der Waals surface area (Å²) in [6.45, 7) is 0. The Morgan fingerprint density at radius 1 is 0.694 bits per heavy atom. The molecule has 0 saturated carbocycles. The Labute approximate surface area is 213 Å². The molecule has 1 unspecified atom stereocenters. The van der Waals surface area contributed by atoms with Crippen molar-refractivity contribution in [2.75, 3.05) is 10.2 Å². The molecule has 2 nitrogen and oxygen atoms in total. The smallest absolute Gasteiger partial charge is 0.0561 e. The highest BCUT2D eigenvalue weighted by molar-refractivity contribution is 5.94. The van der Waals surface area contributed by atoms with Gasteiger partial charge in [-0.3, -0.25) is 0 Å². The summed E-state index contributed by atoms with van der Waals surface area (Å²) < 4.78 is 0. The molecule has 36 heavy (non-hydrogen) atoms. The van der Waals surface area contributed by atoms with Gasteiger partial charge in [-0.25, -0.2) is 0 Å². The van der Waals surface area contributed by atoms with Crippen molar-refractivity contribution in [3.05, 3.63) is 145 Å². The quantitative estimate of drug-likeness (QED) is 0.305. The minimum Gasteiger partial charge on any atom is -0.355 e. The van der Waals surface area contributed by atoms with Crippen molar-refractivity contribution in [3.8, 4) is 0 Å². The molecular weight excluding hydrogens is 436 g/mol. The van der Waals surface area contributed by atoms with E-state index in [1.807, 2.05) is 0 Å². The van der Waals surface area contributed by atoms with E-state index >= 15 is 0 Å². The molecule has 0 spiro atoms. The Morgan fingerprint density at radius 3 is 2.33 bits per heavy atom. The number of allylic oxidation sites excluding steroid dienone is 5. The van der Waals surface area contributed by atoms with E-state index in [1.165, 1.54) is 33.3 Å². The number of hydrogen-bond donors (Lipinski definition) is 1. The summed E-state index contributed by atoms with van der Waals surface area (Å²) in [6.07, 6.45) is 16.9. The summed E-state index contributed by atoms with van der Waals surface area (Å²) >= 11 is 0. The number of nitrogens with one attached hydrogen (secondary N) is 1. The maximum absolute atomic E-state index is 3.66. The fourth-order valence-electron chi connectivity index (χ4n) is 5.17. The summed E-state index contributed by atoms with van der Waals surface area (Å²) in [6, 6.07) is 34.9. The number of nitrogens with zero attached hydrogens (tertiary/aromatic N) is 1. The number of fused-ring (bicyclic) bond motifs is 1. The molecular formula is C34H30N2. The fourth-order valence-corrected chi connectivity index (χ4v) is 5.17. The van der Waals surface area contributed by atoms with E-state index in [0.717, 1.165) is 30.6 Å². The monoisotopic (exact) mass is 466 g/mol. The lowest BCUT2D eigenvalue weighted by atomic mass is 9.98. The van der Waals surface area contributed by atoms with Crippen LogP contribution in [0.3, 0.4) is 0 Å². The first-order valence-electron chi connectivity index (χ1n) is 12.8. The second kappa shape index (κ2) is 10.1. The van der Waals surface area contributed by atoms with E-state index < -0.39 is 0 Å². The van der Waals surface area contributed by atoms with Gasteiger partial charge in [0.05, 0.1) is 6.04 Å². The first kappa shape index (κ1) is 22.2. The van der Waals surface area contributed by atoms with Crippen LogP contribution in [0.15, 0.2) is 139 Å². The van der Waals surface area contributed by atoms with Gasteiger partial charge in [-0.05, 0) is 72.2 Å². The Bertz CT molecular complexity index is 1480. The van der Waals surface area contributed by atoms with Crippen LogP contribution in [0, 0.1) is 0 Å². The molecule has 0 fully saturated rings. The summed E-state index contributed by atoms with van der Waals surface area (Å²) in [5.74, 6) is 0. The van der Waals surface area contributed by atoms with Crippen molar-refractivity contribution in [2.45, 2.75) is 25.3 Å². The highest BCUT2D eigenvalue weighted by atomic mass is 15.2. The van der Waals surface area contributed by atoms with Crippen molar-refractivity contribution in [1.82, 2.24) is 0 Å². The number of anilines is 3. The van der Waals surface area contributed by atoms with Crippen molar-refractivity contribution < 1.29 is 0 Å². The number of rotatable bonds is 6.